The highest BCUT2D eigenvalue weighted by Gasteiger charge is 2.18. The minimum atomic E-state index is -0.992. The molecule has 0 fully saturated rings. The Bertz CT molecular complexity index is 496. The normalized spacial score (nSPS) is 11.8. The number of hydrogen-bond acceptors (Lipinski definition) is 2. The van der Waals surface area contributed by atoms with Gasteiger partial charge < -0.3 is 15.3 Å². The van der Waals surface area contributed by atoms with Crippen molar-refractivity contribution in [2.45, 2.75) is 6.92 Å². The van der Waals surface area contributed by atoms with Crippen molar-refractivity contribution in [3.63, 3.8) is 0 Å². The van der Waals surface area contributed by atoms with Crippen molar-refractivity contribution in [2.24, 2.45) is 5.92 Å². The second kappa shape index (κ2) is 6.51. The number of amides is 2. The van der Waals surface area contributed by atoms with Crippen LogP contribution in [0.15, 0.2) is 22.7 Å². The van der Waals surface area contributed by atoms with Gasteiger partial charge in [-0.3, -0.25) is 4.79 Å². The molecule has 0 radical (unpaired) electrons. The molecule has 0 aliphatic carbocycles. The molecule has 1 aromatic carbocycles. The standard InChI is InChI=1S/C12H14BrFN2O3/c1-7(11(17)18)6-16(2)12(19)15-10-5-8(13)3-4-9(10)14/h3-5,7H,6H2,1-2H3,(H,15,19)(H,17,18). The van der Waals surface area contributed by atoms with Crippen molar-refractivity contribution in [1.82, 2.24) is 4.90 Å². The zero-order valence-corrected chi connectivity index (χ0v) is 12.1. The Balaban J connectivity index is 2.68. The fourth-order valence-corrected chi connectivity index (χ4v) is 1.74. The Labute approximate surface area is 118 Å². The maximum absolute atomic E-state index is 13.4. The molecule has 19 heavy (non-hydrogen) atoms. The van der Waals surface area contributed by atoms with Crippen LogP contribution in [0.2, 0.25) is 0 Å². The Kier molecular flexibility index (Phi) is 5.29. The third-order valence-electron chi connectivity index (χ3n) is 2.49. The first kappa shape index (κ1) is 15.4. The zero-order chi connectivity index (χ0) is 14.6. The number of halogens is 2. The van der Waals surface area contributed by atoms with E-state index in [0.29, 0.717) is 4.47 Å². The number of rotatable bonds is 4. The molecule has 1 atom stereocenters. The minimum Gasteiger partial charge on any atom is -0.481 e. The number of benzene rings is 1. The number of nitrogens with one attached hydrogen (secondary N) is 1. The number of carboxylic acids is 1. The zero-order valence-electron chi connectivity index (χ0n) is 10.5. The van der Waals surface area contributed by atoms with Gasteiger partial charge >= 0.3 is 12.0 Å². The van der Waals surface area contributed by atoms with Crippen LogP contribution in [0.1, 0.15) is 6.92 Å². The molecule has 104 valence electrons. The largest absolute Gasteiger partial charge is 0.481 e. The smallest absolute Gasteiger partial charge is 0.321 e. The molecule has 0 aliphatic heterocycles. The molecule has 5 nitrogen and oxygen atoms in total. The lowest BCUT2D eigenvalue weighted by molar-refractivity contribution is -0.141. The van der Waals surface area contributed by atoms with Gasteiger partial charge in [0.05, 0.1) is 11.6 Å². The van der Waals surface area contributed by atoms with Crippen LogP contribution in [0, 0.1) is 11.7 Å². The lowest BCUT2D eigenvalue weighted by Crippen LogP contribution is -2.36. The van der Waals surface area contributed by atoms with E-state index < -0.39 is 23.7 Å². The van der Waals surface area contributed by atoms with E-state index in [9.17, 15) is 14.0 Å². The average molecular weight is 333 g/mol. The van der Waals surface area contributed by atoms with Crippen molar-refractivity contribution in [2.75, 3.05) is 18.9 Å². The van der Waals surface area contributed by atoms with Crippen molar-refractivity contribution in [1.29, 1.82) is 0 Å². The van der Waals surface area contributed by atoms with Gasteiger partial charge in [-0.1, -0.05) is 22.9 Å². The van der Waals surface area contributed by atoms with Gasteiger partial charge in [0.2, 0.25) is 0 Å². The summed E-state index contributed by atoms with van der Waals surface area (Å²) in [5, 5.41) is 11.1. The molecular formula is C12H14BrFN2O3. The van der Waals surface area contributed by atoms with Crippen LogP contribution >= 0.6 is 15.9 Å². The highest BCUT2D eigenvalue weighted by molar-refractivity contribution is 9.10. The quantitative estimate of drug-likeness (QED) is 0.890. The molecule has 0 aliphatic rings. The van der Waals surface area contributed by atoms with Crippen LogP contribution in [0.3, 0.4) is 0 Å². The molecule has 0 spiro atoms. The first-order valence-corrected chi connectivity index (χ1v) is 6.30. The van der Waals surface area contributed by atoms with E-state index in [0.717, 1.165) is 0 Å². The van der Waals surface area contributed by atoms with Crippen LogP contribution in [-0.4, -0.2) is 35.6 Å². The van der Waals surface area contributed by atoms with Crippen molar-refractivity contribution < 1.29 is 19.1 Å². The Morgan fingerprint density at radius 2 is 2.16 bits per heavy atom. The molecule has 0 bridgehead atoms. The molecule has 0 saturated carbocycles. The van der Waals surface area contributed by atoms with E-state index in [-0.39, 0.29) is 12.2 Å². The SMILES string of the molecule is CC(CN(C)C(=O)Nc1cc(Br)ccc1F)C(=O)O. The van der Waals surface area contributed by atoms with Gasteiger partial charge in [0.15, 0.2) is 0 Å². The summed E-state index contributed by atoms with van der Waals surface area (Å²) in [6.07, 6.45) is 0. The van der Waals surface area contributed by atoms with E-state index in [4.69, 9.17) is 5.11 Å². The average Bonchev–Trinajstić information content (AvgIpc) is 2.33. The molecular weight excluding hydrogens is 319 g/mol. The number of carbonyl (C=O) groups is 2. The third kappa shape index (κ3) is 4.51. The first-order chi connectivity index (χ1) is 8.81. The Morgan fingerprint density at radius 3 is 2.74 bits per heavy atom. The van der Waals surface area contributed by atoms with E-state index in [2.05, 4.69) is 21.2 Å². The topological polar surface area (TPSA) is 69.6 Å². The third-order valence-corrected chi connectivity index (χ3v) is 2.98. The lowest BCUT2D eigenvalue weighted by Gasteiger charge is -2.20. The summed E-state index contributed by atoms with van der Waals surface area (Å²) in [6, 6.07) is 3.60. The van der Waals surface area contributed by atoms with E-state index in [1.165, 1.54) is 37.1 Å². The van der Waals surface area contributed by atoms with Crippen LogP contribution < -0.4 is 5.32 Å². The van der Waals surface area contributed by atoms with Crippen LogP contribution in [0.4, 0.5) is 14.9 Å². The van der Waals surface area contributed by atoms with Crippen LogP contribution in [0.5, 0.6) is 0 Å². The van der Waals surface area contributed by atoms with Crippen molar-refractivity contribution >= 4 is 33.6 Å². The fourth-order valence-electron chi connectivity index (χ4n) is 1.38. The molecule has 7 heteroatoms. The summed E-state index contributed by atoms with van der Waals surface area (Å²) < 4.78 is 14.1. The highest BCUT2D eigenvalue weighted by atomic mass is 79.9. The first-order valence-electron chi connectivity index (χ1n) is 5.51. The van der Waals surface area contributed by atoms with Crippen LogP contribution in [0.25, 0.3) is 0 Å². The summed E-state index contributed by atoms with van der Waals surface area (Å²) >= 11 is 3.17. The number of carbonyl (C=O) groups excluding carboxylic acids is 1. The van der Waals surface area contributed by atoms with Gasteiger partial charge in [-0.05, 0) is 18.2 Å². The van der Waals surface area contributed by atoms with Gasteiger partial charge in [0.25, 0.3) is 0 Å². The predicted octanol–water partition coefficient (Wildman–Crippen LogP) is 2.77. The molecule has 1 rings (SSSR count). The Hall–Kier alpha value is -1.63. The molecule has 2 amide bonds. The van der Waals surface area contributed by atoms with Gasteiger partial charge in [-0.2, -0.15) is 0 Å². The van der Waals surface area contributed by atoms with Gasteiger partial charge in [-0.25, -0.2) is 9.18 Å². The second-order valence-corrected chi connectivity index (χ2v) is 5.09. The highest BCUT2D eigenvalue weighted by Crippen LogP contribution is 2.20. The number of anilines is 1. The van der Waals surface area contributed by atoms with E-state index >= 15 is 0 Å². The van der Waals surface area contributed by atoms with Crippen LogP contribution in [-0.2, 0) is 4.79 Å². The molecule has 1 unspecified atom stereocenters. The van der Waals surface area contributed by atoms with Gasteiger partial charge in [0, 0.05) is 18.1 Å². The summed E-state index contributed by atoms with van der Waals surface area (Å²) in [5.41, 5.74) is 0.0363. The maximum Gasteiger partial charge on any atom is 0.321 e. The monoisotopic (exact) mass is 332 g/mol. The van der Waals surface area contributed by atoms with E-state index in [1.54, 1.807) is 0 Å². The second-order valence-electron chi connectivity index (χ2n) is 4.17. The molecule has 1 aromatic rings. The van der Waals surface area contributed by atoms with Gasteiger partial charge in [-0.15, -0.1) is 0 Å². The minimum absolute atomic E-state index is 0.0363. The molecule has 0 saturated heterocycles. The Morgan fingerprint density at radius 1 is 1.53 bits per heavy atom. The summed E-state index contributed by atoms with van der Waals surface area (Å²) in [7, 11) is 1.45. The summed E-state index contributed by atoms with van der Waals surface area (Å²) in [6.45, 7) is 1.53. The van der Waals surface area contributed by atoms with Crippen molar-refractivity contribution in [3.05, 3.63) is 28.5 Å². The molecule has 2 N–H and O–H groups in total. The number of aliphatic carboxylic acids is 1. The number of hydrogen-bond donors (Lipinski definition) is 2. The summed E-state index contributed by atoms with van der Waals surface area (Å²) in [5.74, 6) is -2.24. The van der Waals surface area contributed by atoms with E-state index in [1.807, 2.05) is 0 Å². The predicted molar refractivity (Wildman–Crippen MR) is 72.5 cm³/mol. The lowest BCUT2D eigenvalue weighted by atomic mass is 10.2. The number of carboxylic acid groups (broad SMARTS) is 1. The summed E-state index contributed by atoms with van der Waals surface area (Å²) in [4.78, 5) is 23.7. The fraction of sp³-hybridized carbons (Fsp3) is 0.333. The number of nitrogens with zero attached hydrogens (tertiary/aromatic N) is 1. The maximum atomic E-state index is 13.4. The molecule has 0 aromatic heterocycles. The van der Waals surface area contributed by atoms with Gasteiger partial charge in [0.1, 0.15) is 5.82 Å². The van der Waals surface area contributed by atoms with Crippen molar-refractivity contribution in [3.8, 4) is 0 Å². The molecule has 0 heterocycles. The number of urea groups is 1.